The summed E-state index contributed by atoms with van der Waals surface area (Å²) in [6.07, 6.45) is -4.01. The second kappa shape index (κ2) is 3.99. The molecule has 1 rings (SSSR count). The lowest BCUT2D eigenvalue weighted by molar-refractivity contribution is -0.0597. The molecule has 0 aromatic carbocycles. The van der Waals surface area contributed by atoms with Crippen LogP contribution in [0.3, 0.4) is 0 Å². The first kappa shape index (κ1) is 10.4. The number of nitrogens with one attached hydrogen (secondary N) is 1. The van der Waals surface area contributed by atoms with Gasteiger partial charge in [-0.05, 0) is 0 Å². The zero-order valence-electron chi connectivity index (χ0n) is 6.83. The second-order valence-corrected chi connectivity index (χ2v) is 2.83. The van der Waals surface area contributed by atoms with E-state index in [4.69, 9.17) is 10.9 Å². The van der Waals surface area contributed by atoms with Gasteiger partial charge in [0.05, 0.1) is 6.61 Å². The van der Waals surface area contributed by atoms with E-state index in [1.807, 2.05) is 0 Å². The molecule has 7 nitrogen and oxygen atoms in total. The average molecular weight is 191 g/mol. The summed E-state index contributed by atoms with van der Waals surface area (Å²) in [6, 6.07) is -0.857. The Kier molecular flexibility index (Phi) is 3.17. The van der Waals surface area contributed by atoms with Crippen LogP contribution in [0.15, 0.2) is 4.99 Å². The van der Waals surface area contributed by atoms with Gasteiger partial charge in [0.15, 0.2) is 0 Å². The molecule has 0 aliphatic carbocycles. The van der Waals surface area contributed by atoms with Gasteiger partial charge in [-0.1, -0.05) is 0 Å². The Balaban J connectivity index is 2.86. The Bertz CT molecular complexity index is 210. The largest absolute Gasteiger partial charge is 0.394 e. The van der Waals surface area contributed by atoms with E-state index in [1.54, 1.807) is 0 Å². The molecule has 0 fully saturated rings. The van der Waals surface area contributed by atoms with Gasteiger partial charge in [0.25, 0.3) is 0 Å². The van der Waals surface area contributed by atoms with Gasteiger partial charge in [-0.15, -0.1) is 0 Å². The van der Waals surface area contributed by atoms with E-state index in [-0.39, 0.29) is 5.84 Å². The summed E-state index contributed by atoms with van der Waals surface area (Å²) < 4.78 is 0. The molecule has 0 unspecified atom stereocenters. The number of aliphatic hydroxyl groups excluding tert-OH is 4. The Morgan fingerprint density at radius 3 is 2.38 bits per heavy atom. The number of rotatable bonds is 1. The van der Waals surface area contributed by atoms with Gasteiger partial charge < -0.3 is 25.9 Å². The van der Waals surface area contributed by atoms with Crippen molar-refractivity contribution in [3.63, 3.8) is 0 Å². The number of hydrogen-bond acceptors (Lipinski definition) is 7. The van der Waals surface area contributed by atoms with Gasteiger partial charge in [-0.25, -0.2) is 5.84 Å². The second-order valence-electron chi connectivity index (χ2n) is 2.83. The van der Waals surface area contributed by atoms with Crippen molar-refractivity contribution < 1.29 is 20.4 Å². The van der Waals surface area contributed by atoms with E-state index >= 15 is 0 Å². The van der Waals surface area contributed by atoms with Crippen LogP contribution in [0, 0.1) is 0 Å². The lowest BCUT2D eigenvalue weighted by atomic mass is 9.97. The highest BCUT2D eigenvalue weighted by Gasteiger charge is 2.38. The first-order chi connectivity index (χ1) is 6.11. The third-order valence-electron chi connectivity index (χ3n) is 1.99. The van der Waals surface area contributed by atoms with E-state index < -0.39 is 31.0 Å². The SMILES string of the molecule is NNC1=N[C@H](CO)[C@@H](O)[C@H](O)[C@H]1O. The standard InChI is InChI=1S/C6H13N3O4/c7-9-6-5(13)4(12)3(11)2(1-10)8-6/h2-5,10-13H,1,7H2,(H,8,9)/t2-,3-,4+,5-/m1/s1. The molecule has 7 heteroatoms. The molecule has 0 aromatic heterocycles. The molecule has 1 heterocycles. The Morgan fingerprint density at radius 2 is 1.92 bits per heavy atom. The van der Waals surface area contributed by atoms with Crippen molar-refractivity contribution in [1.82, 2.24) is 5.43 Å². The zero-order valence-corrected chi connectivity index (χ0v) is 6.83. The van der Waals surface area contributed by atoms with Crippen molar-refractivity contribution >= 4 is 5.84 Å². The van der Waals surface area contributed by atoms with Crippen LogP contribution in [0.5, 0.6) is 0 Å². The van der Waals surface area contributed by atoms with E-state index in [2.05, 4.69) is 10.4 Å². The first-order valence-corrected chi connectivity index (χ1v) is 3.81. The fourth-order valence-corrected chi connectivity index (χ4v) is 1.18. The summed E-state index contributed by atoms with van der Waals surface area (Å²) in [4.78, 5) is 3.70. The van der Waals surface area contributed by atoms with Crippen LogP contribution in [0.25, 0.3) is 0 Å². The summed E-state index contributed by atoms with van der Waals surface area (Å²) >= 11 is 0. The fraction of sp³-hybridized carbons (Fsp3) is 0.833. The number of amidine groups is 1. The minimum Gasteiger partial charge on any atom is -0.394 e. The first-order valence-electron chi connectivity index (χ1n) is 3.81. The van der Waals surface area contributed by atoms with Crippen molar-refractivity contribution in [3.8, 4) is 0 Å². The van der Waals surface area contributed by atoms with Gasteiger partial charge in [0.1, 0.15) is 30.2 Å². The summed E-state index contributed by atoms with van der Waals surface area (Å²) in [5.41, 5.74) is 2.09. The molecule has 0 radical (unpaired) electrons. The number of aliphatic hydroxyl groups is 4. The molecule has 1 aliphatic heterocycles. The Labute approximate surface area is 74.5 Å². The molecule has 4 atom stereocenters. The Hall–Kier alpha value is -0.730. The van der Waals surface area contributed by atoms with Gasteiger partial charge in [-0.2, -0.15) is 0 Å². The molecule has 0 saturated heterocycles. The molecular weight excluding hydrogens is 178 g/mol. The molecule has 1 aliphatic rings. The van der Waals surface area contributed by atoms with Gasteiger partial charge in [-0.3, -0.25) is 4.99 Å². The number of hydrogen-bond donors (Lipinski definition) is 6. The van der Waals surface area contributed by atoms with Gasteiger partial charge in [0, 0.05) is 0 Å². The summed E-state index contributed by atoms with van der Waals surface area (Å²) in [5.74, 6) is 4.96. The highest BCUT2D eigenvalue weighted by atomic mass is 16.4. The maximum atomic E-state index is 9.28. The smallest absolute Gasteiger partial charge is 0.143 e. The number of aliphatic imine (C=N–C) groups is 1. The van der Waals surface area contributed by atoms with Crippen LogP contribution < -0.4 is 11.3 Å². The predicted octanol–water partition coefficient (Wildman–Crippen LogP) is -3.69. The normalized spacial score (nSPS) is 39.9. The number of nitrogens with two attached hydrogens (primary N) is 1. The third-order valence-corrected chi connectivity index (χ3v) is 1.99. The lowest BCUT2D eigenvalue weighted by Gasteiger charge is -2.32. The average Bonchev–Trinajstić information content (AvgIpc) is 2.15. The van der Waals surface area contributed by atoms with Gasteiger partial charge >= 0.3 is 0 Å². The van der Waals surface area contributed by atoms with Crippen LogP contribution in [0.2, 0.25) is 0 Å². The third kappa shape index (κ3) is 1.79. The highest BCUT2D eigenvalue weighted by molar-refractivity contribution is 5.87. The maximum absolute atomic E-state index is 9.28. The Morgan fingerprint density at radius 1 is 1.31 bits per heavy atom. The summed E-state index contributed by atoms with van der Waals surface area (Å²) in [5, 5.41) is 36.5. The number of hydrazine groups is 1. The van der Waals surface area contributed by atoms with E-state index in [0.29, 0.717) is 0 Å². The van der Waals surface area contributed by atoms with Crippen molar-refractivity contribution in [2.24, 2.45) is 10.8 Å². The summed E-state index contributed by atoms with van der Waals surface area (Å²) in [7, 11) is 0. The molecule has 76 valence electrons. The predicted molar refractivity (Wildman–Crippen MR) is 43.7 cm³/mol. The van der Waals surface area contributed by atoms with Crippen molar-refractivity contribution in [1.29, 1.82) is 0 Å². The van der Waals surface area contributed by atoms with Crippen LogP contribution in [0.4, 0.5) is 0 Å². The number of nitrogens with zero attached hydrogens (tertiary/aromatic N) is 1. The minimum atomic E-state index is -1.39. The minimum absolute atomic E-state index is 0.0446. The maximum Gasteiger partial charge on any atom is 0.143 e. The molecule has 7 N–H and O–H groups in total. The molecule has 13 heavy (non-hydrogen) atoms. The molecular formula is C6H13N3O4. The van der Waals surface area contributed by atoms with Gasteiger partial charge in [0.2, 0.25) is 0 Å². The molecule has 0 aromatic rings. The van der Waals surface area contributed by atoms with Crippen LogP contribution in [-0.2, 0) is 0 Å². The topological polar surface area (TPSA) is 131 Å². The van der Waals surface area contributed by atoms with Crippen molar-refractivity contribution in [2.45, 2.75) is 24.4 Å². The monoisotopic (exact) mass is 191 g/mol. The van der Waals surface area contributed by atoms with Crippen LogP contribution >= 0.6 is 0 Å². The molecule has 0 bridgehead atoms. The summed E-state index contributed by atoms with van der Waals surface area (Å²) in [6.45, 7) is -0.421. The van der Waals surface area contributed by atoms with Crippen molar-refractivity contribution in [3.05, 3.63) is 0 Å². The zero-order chi connectivity index (χ0) is 10.0. The fourth-order valence-electron chi connectivity index (χ4n) is 1.18. The van der Waals surface area contributed by atoms with Crippen LogP contribution in [-0.4, -0.2) is 57.2 Å². The molecule has 0 amide bonds. The molecule has 0 saturated carbocycles. The van der Waals surface area contributed by atoms with E-state index in [0.717, 1.165) is 0 Å². The van der Waals surface area contributed by atoms with E-state index in [1.165, 1.54) is 0 Å². The lowest BCUT2D eigenvalue weighted by Crippen LogP contribution is -2.57. The quantitative estimate of drug-likeness (QED) is 0.187. The van der Waals surface area contributed by atoms with Crippen molar-refractivity contribution in [2.75, 3.05) is 6.61 Å². The van der Waals surface area contributed by atoms with Crippen LogP contribution in [0.1, 0.15) is 0 Å². The molecule has 0 spiro atoms. The highest BCUT2D eigenvalue weighted by Crippen LogP contribution is 2.14. The van der Waals surface area contributed by atoms with E-state index in [9.17, 15) is 15.3 Å².